The van der Waals surface area contributed by atoms with Gasteiger partial charge in [-0.25, -0.2) is 0 Å². The molecular formula is C22H30N4O2. The van der Waals surface area contributed by atoms with Crippen LogP contribution in [0.25, 0.3) is 0 Å². The zero-order valence-corrected chi connectivity index (χ0v) is 17.0. The van der Waals surface area contributed by atoms with Gasteiger partial charge >= 0.3 is 0 Å². The minimum atomic E-state index is 0.340. The van der Waals surface area contributed by atoms with Crippen molar-refractivity contribution in [3.8, 4) is 11.5 Å². The van der Waals surface area contributed by atoms with Crippen LogP contribution in [0.2, 0.25) is 0 Å². The molecule has 3 rings (SSSR count). The number of nitrogens with zero attached hydrogens (tertiary/aromatic N) is 3. The number of para-hydroxylation sites is 2. The van der Waals surface area contributed by atoms with E-state index in [-0.39, 0.29) is 0 Å². The number of nitrogens with one attached hydrogen (secondary N) is 1. The maximum atomic E-state index is 10.1. The summed E-state index contributed by atoms with van der Waals surface area (Å²) in [5, 5.41) is 13.5. The number of piperazine rings is 1. The van der Waals surface area contributed by atoms with Gasteiger partial charge in [-0.05, 0) is 42.7 Å². The highest BCUT2D eigenvalue weighted by Crippen LogP contribution is 2.27. The first-order chi connectivity index (χ1) is 13.6. The van der Waals surface area contributed by atoms with Crippen molar-refractivity contribution in [3.05, 3.63) is 53.6 Å². The van der Waals surface area contributed by atoms with Gasteiger partial charge in [0.15, 0.2) is 5.96 Å². The molecule has 0 saturated carbocycles. The molecule has 2 aromatic carbocycles. The van der Waals surface area contributed by atoms with E-state index in [1.807, 2.05) is 25.2 Å². The highest BCUT2D eigenvalue weighted by atomic mass is 16.5. The summed E-state index contributed by atoms with van der Waals surface area (Å²) in [6.45, 7) is 6.32. The fourth-order valence-electron chi connectivity index (χ4n) is 3.56. The molecule has 0 bridgehead atoms. The van der Waals surface area contributed by atoms with Gasteiger partial charge in [-0.2, -0.15) is 0 Å². The summed E-state index contributed by atoms with van der Waals surface area (Å²) in [7, 11) is 3.54. The van der Waals surface area contributed by atoms with Crippen LogP contribution >= 0.6 is 0 Å². The van der Waals surface area contributed by atoms with Crippen molar-refractivity contribution < 1.29 is 9.84 Å². The summed E-state index contributed by atoms with van der Waals surface area (Å²) in [6, 6.07) is 13.9. The van der Waals surface area contributed by atoms with Crippen molar-refractivity contribution >= 4 is 11.6 Å². The molecule has 28 heavy (non-hydrogen) atoms. The Kier molecular flexibility index (Phi) is 6.63. The molecule has 0 aromatic heterocycles. The second-order valence-corrected chi connectivity index (χ2v) is 6.99. The van der Waals surface area contributed by atoms with Crippen LogP contribution in [0.5, 0.6) is 11.5 Å². The third kappa shape index (κ3) is 4.68. The van der Waals surface area contributed by atoms with Gasteiger partial charge in [0.25, 0.3) is 0 Å². The molecule has 0 unspecified atom stereocenters. The fourth-order valence-corrected chi connectivity index (χ4v) is 3.56. The van der Waals surface area contributed by atoms with Gasteiger partial charge in [-0.1, -0.05) is 24.3 Å². The third-order valence-corrected chi connectivity index (χ3v) is 5.18. The Morgan fingerprint density at radius 2 is 1.89 bits per heavy atom. The standard InChI is InChI=1S/C22H30N4O2/c1-17-8-9-18(16-21(17)28-3)10-11-24-22(23-2)26-14-12-25(13-15-26)19-6-4-5-7-20(19)27/h4-9,16,27H,10-15H2,1-3H3,(H,23,24). The topological polar surface area (TPSA) is 60.3 Å². The molecule has 0 amide bonds. The van der Waals surface area contributed by atoms with E-state index < -0.39 is 0 Å². The minimum Gasteiger partial charge on any atom is -0.506 e. The second kappa shape index (κ2) is 9.35. The number of phenolic OH excluding ortho intramolecular Hbond substituents is 1. The molecule has 6 heteroatoms. The van der Waals surface area contributed by atoms with Crippen molar-refractivity contribution in [3.63, 3.8) is 0 Å². The zero-order valence-electron chi connectivity index (χ0n) is 17.0. The summed E-state index contributed by atoms with van der Waals surface area (Å²) in [5.41, 5.74) is 3.30. The van der Waals surface area contributed by atoms with Crippen LogP contribution < -0.4 is 15.0 Å². The summed E-state index contributed by atoms with van der Waals surface area (Å²) in [4.78, 5) is 8.93. The lowest BCUT2D eigenvalue weighted by Crippen LogP contribution is -2.52. The van der Waals surface area contributed by atoms with E-state index in [1.165, 1.54) is 5.56 Å². The largest absolute Gasteiger partial charge is 0.506 e. The van der Waals surface area contributed by atoms with E-state index in [1.54, 1.807) is 13.2 Å². The maximum absolute atomic E-state index is 10.1. The Labute approximate surface area is 167 Å². The van der Waals surface area contributed by atoms with Gasteiger partial charge < -0.3 is 25.0 Å². The first-order valence-electron chi connectivity index (χ1n) is 9.74. The van der Waals surface area contributed by atoms with E-state index in [9.17, 15) is 5.11 Å². The van der Waals surface area contributed by atoms with Crippen LogP contribution in [0, 0.1) is 6.92 Å². The number of guanidine groups is 1. The number of hydrogen-bond acceptors (Lipinski definition) is 4. The Morgan fingerprint density at radius 3 is 2.57 bits per heavy atom. The quantitative estimate of drug-likeness (QED) is 0.615. The summed E-state index contributed by atoms with van der Waals surface area (Å²) in [6.07, 6.45) is 0.910. The Bertz CT molecular complexity index is 814. The lowest BCUT2D eigenvalue weighted by Gasteiger charge is -2.37. The number of aliphatic imine (C=N–C) groups is 1. The number of anilines is 1. The van der Waals surface area contributed by atoms with E-state index >= 15 is 0 Å². The number of rotatable bonds is 5. The number of aryl methyl sites for hydroxylation is 1. The van der Waals surface area contributed by atoms with Gasteiger partial charge in [-0.15, -0.1) is 0 Å². The number of ether oxygens (including phenoxy) is 1. The molecule has 150 valence electrons. The summed E-state index contributed by atoms with van der Waals surface area (Å²) < 4.78 is 5.41. The normalized spacial score (nSPS) is 14.9. The smallest absolute Gasteiger partial charge is 0.193 e. The number of hydrogen-bond donors (Lipinski definition) is 2. The molecule has 1 fully saturated rings. The van der Waals surface area contributed by atoms with Crippen LogP contribution in [0.3, 0.4) is 0 Å². The van der Waals surface area contributed by atoms with Crippen molar-refractivity contribution in [2.75, 3.05) is 51.8 Å². The highest BCUT2D eigenvalue weighted by molar-refractivity contribution is 5.80. The average Bonchev–Trinajstić information content (AvgIpc) is 2.73. The molecule has 0 aliphatic carbocycles. The third-order valence-electron chi connectivity index (χ3n) is 5.18. The molecule has 1 aliphatic heterocycles. The minimum absolute atomic E-state index is 0.340. The molecule has 1 saturated heterocycles. The van der Waals surface area contributed by atoms with Gasteiger partial charge in [0.1, 0.15) is 11.5 Å². The van der Waals surface area contributed by atoms with Gasteiger partial charge in [0.05, 0.1) is 12.8 Å². The van der Waals surface area contributed by atoms with Gasteiger partial charge in [0.2, 0.25) is 0 Å². The molecule has 2 N–H and O–H groups in total. The van der Waals surface area contributed by atoms with Crippen LogP contribution in [-0.2, 0) is 6.42 Å². The van der Waals surface area contributed by atoms with Crippen LogP contribution in [0.1, 0.15) is 11.1 Å². The average molecular weight is 383 g/mol. The van der Waals surface area contributed by atoms with Gasteiger partial charge in [-0.3, -0.25) is 4.99 Å². The second-order valence-electron chi connectivity index (χ2n) is 6.99. The monoisotopic (exact) mass is 382 g/mol. The Hall–Kier alpha value is -2.89. The number of methoxy groups -OCH3 is 1. The van der Waals surface area contributed by atoms with Crippen LogP contribution in [0.4, 0.5) is 5.69 Å². The molecule has 0 atom stereocenters. The van der Waals surface area contributed by atoms with Gasteiger partial charge in [0, 0.05) is 39.8 Å². The van der Waals surface area contributed by atoms with E-state index in [2.05, 4.69) is 45.2 Å². The number of aromatic hydroxyl groups is 1. The first kappa shape index (κ1) is 19.9. The molecular weight excluding hydrogens is 352 g/mol. The molecule has 2 aromatic rings. The van der Waals surface area contributed by atoms with E-state index in [4.69, 9.17) is 4.74 Å². The van der Waals surface area contributed by atoms with Crippen molar-refractivity contribution in [1.29, 1.82) is 0 Å². The summed E-state index contributed by atoms with van der Waals surface area (Å²) >= 11 is 0. The van der Waals surface area contributed by atoms with Crippen molar-refractivity contribution in [1.82, 2.24) is 10.2 Å². The first-order valence-corrected chi connectivity index (χ1v) is 9.74. The lowest BCUT2D eigenvalue weighted by molar-refractivity contribution is 0.370. The molecule has 0 spiro atoms. The van der Waals surface area contributed by atoms with Crippen molar-refractivity contribution in [2.45, 2.75) is 13.3 Å². The lowest BCUT2D eigenvalue weighted by atomic mass is 10.1. The fraction of sp³-hybridized carbons (Fsp3) is 0.409. The maximum Gasteiger partial charge on any atom is 0.193 e. The molecule has 6 nitrogen and oxygen atoms in total. The Balaban J connectivity index is 1.50. The number of phenols is 1. The van der Waals surface area contributed by atoms with Crippen LogP contribution in [-0.4, -0.2) is 62.8 Å². The molecule has 1 heterocycles. The Morgan fingerprint density at radius 1 is 1.14 bits per heavy atom. The predicted molar refractivity (Wildman–Crippen MR) is 115 cm³/mol. The summed E-state index contributed by atoms with van der Waals surface area (Å²) in [5.74, 6) is 2.20. The van der Waals surface area contributed by atoms with Crippen LogP contribution in [0.15, 0.2) is 47.5 Å². The van der Waals surface area contributed by atoms with E-state index in [0.29, 0.717) is 5.75 Å². The van der Waals surface area contributed by atoms with Crippen molar-refractivity contribution in [2.24, 2.45) is 4.99 Å². The highest BCUT2D eigenvalue weighted by Gasteiger charge is 2.21. The molecule has 1 aliphatic rings. The molecule has 0 radical (unpaired) electrons. The number of benzene rings is 2. The predicted octanol–water partition coefficient (Wildman–Crippen LogP) is 2.65. The SMILES string of the molecule is CN=C(NCCc1ccc(C)c(OC)c1)N1CCN(c2ccccc2O)CC1. The zero-order chi connectivity index (χ0) is 19.9. The van der Waals surface area contributed by atoms with E-state index in [0.717, 1.165) is 62.1 Å².